The number of likely N-dealkylation sites (N-methyl/N-ethyl adjacent to an activating group) is 1. The number of nitrogens with zero attached hydrogens (tertiary/aromatic N) is 1. The van der Waals surface area contributed by atoms with E-state index in [4.69, 9.17) is 14.2 Å². The maximum Gasteiger partial charge on any atom is 0.241 e. The number of ether oxygens (including phenoxy) is 3. The van der Waals surface area contributed by atoms with Crippen LogP contribution in [0.25, 0.3) is 0 Å². The zero-order chi connectivity index (χ0) is 19.8. The number of rotatable bonds is 9. The van der Waals surface area contributed by atoms with Gasteiger partial charge in [0.05, 0.1) is 20.3 Å². The Morgan fingerprint density at radius 2 is 1.63 bits per heavy atom. The third-order valence-electron chi connectivity index (χ3n) is 4.39. The van der Waals surface area contributed by atoms with Gasteiger partial charge in [0, 0.05) is 30.4 Å². The summed E-state index contributed by atoms with van der Waals surface area (Å²) in [5.41, 5.74) is 1.83. The molecule has 0 heterocycles. The van der Waals surface area contributed by atoms with Gasteiger partial charge >= 0.3 is 0 Å². The smallest absolute Gasteiger partial charge is 0.241 e. The highest BCUT2D eigenvalue weighted by molar-refractivity contribution is 5.94. The van der Waals surface area contributed by atoms with Crippen LogP contribution < -0.4 is 19.5 Å². The van der Waals surface area contributed by atoms with Gasteiger partial charge in [-0.3, -0.25) is 9.69 Å². The van der Waals surface area contributed by atoms with Crippen LogP contribution in [0.4, 0.5) is 5.69 Å². The number of hydrogen-bond donors (Lipinski definition) is 1. The number of benzene rings is 2. The fraction of sp³-hybridized carbons (Fsp3) is 0.381. The second-order valence-corrected chi connectivity index (χ2v) is 6.41. The van der Waals surface area contributed by atoms with E-state index >= 15 is 0 Å². The Morgan fingerprint density at radius 3 is 2.19 bits per heavy atom. The molecule has 0 aliphatic rings. The van der Waals surface area contributed by atoms with Crippen LogP contribution in [-0.4, -0.2) is 51.3 Å². The number of anilines is 1. The number of carbonyl (C=O) groups is 1. The lowest BCUT2D eigenvalue weighted by Gasteiger charge is -2.24. The Morgan fingerprint density at radius 1 is 1.04 bits per heavy atom. The van der Waals surface area contributed by atoms with E-state index in [9.17, 15) is 4.79 Å². The first-order valence-corrected chi connectivity index (χ1v) is 8.86. The average molecular weight is 372 g/mol. The Hall–Kier alpha value is -2.73. The van der Waals surface area contributed by atoms with Crippen LogP contribution in [0, 0.1) is 6.92 Å². The Kier molecular flexibility index (Phi) is 7.49. The molecule has 27 heavy (non-hydrogen) atoms. The molecule has 0 saturated carbocycles. The van der Waals surface area contributed by atoms with Crippen molar-refractivity contribution in [2.24, 2.45) is 0 Å². The molecular formula is C21H28N2O4. The molecule has 2 rings (SSSR count). The topological polar surface area (TPSA) is 60.0 Å². The first kappa shape index (κ1) is 20.6. The molecule has 0 aliphatic heterocycles. The molecule has 0 bridgehead atoms. The van der Waals surface area contributed by atoms with Crippen molar-refractivity contribution in [2.75, 3.05) is 39.7 Å². The highest BCUT2D eigenvalue weighted by atomic mass is 16.5. The van der Waals surface area contributed by atoms with Crippen molar-refractivity contribution < 1.29 is 19.0 Å². The van der Waals surface area contributed by atoms with Crippen LogP contribution in [0.3, 0.4) is 0 Å². The number of methoxy groups -OCH3 is 2. The minimum absolute atomic E-state index is 0.108. The standard InChI is InChI=1S/C21H28N2O4/c1-15-6-8-18(9-7-15)27-11-10-23(3)16(2)21(24)22-17-12-19(25-4)14-20(13-17)26-5/h6-9,12-14,16H,10-11H2,1-5H3,(H,22,24). The predicted octanol–water partition coefficient (Wildman–Crippen LogP) is 3.35. The van der Waals surface area contributed by atoms with Gasteiger partial charge in [-0.05, 0) is 33.0 Å². The fourth-order valence-electron chi connectivity index (χ4n) is 2.46. The summed E-state index contributed by atoms with van der Waals surface area (Å²) in [6, 6.07) is 12.9. The van der Waals surface area contributed by atoms with Gasteiger partial charge in [-0.15, -0.1) is 0 Å². The van der Waals surface area contributed by atoms with Gasteiger partial charge in [0.2, 0.25) is 5.91 Å². The van der Waals surface area contributed by atoms with Gasteiger partial charge in [0.1, 0.15) is 23.9 Å². The summed E-state index contributed by atoms with van der Waals surface area (Å²) >= 11 is 0. The van der Waals surface area contributed by atoms with E-state index in [0.717, 1.165) is 5.75 Å². The summed E-state index contributed by atoms with van der Waals surface area (Å²) in [5, 5.41) is 2.90. The van der Waals surface area contributed by atoms with Crippen molar-refractivity contribution in [3.63, 3.8) is 0 Å². The number of nitrogens with one attached hydrogen (secondary N) is 1. The number of amides is 1. The van der Waals surface area contributed by atoms with Gasteiger partial charge in [0.25, 0.3) is 0 Å². The quantitative estimate of drug-likeness (QED) is 0.731. The molecule has 0 saturated heterocycles. The highest BCUT2D eigenvalue weighted by Gasteiger charge is 2.18. The molecule has 6 heteroatoms. The third-order valence-corrected chi connectivity index (χ3v) is 4.39. The van der Waals surface area contributed by atoms with Crippen LogP contribution in [-0.2, 0) is 4.79 Å². The zero-order valence-electron chi connectivity index (χ0n) is 16.6. The summed E-state index contributed by atoms with van der Waals surface area (Å²) in [5.74, 6) is 1.96. The van der Waals surface area contributed by atoms with Crippen molar-refractivity contribution in [1.82, 2.24) is 4.90 Å². The SMILES string of the molecule is COc1cc(NC(=O)C(C)N(C)CCOc2ccc(C)cc2)cc(OC)c1. The maximum atomic E-state index is 12.5. The summed E-state index contributed by atoms with van der Waals surface area (Å²) in [6.45, 7) is 5.03. The second kappa shape index (κ2) is 9.83. The predicted molar refractivity (Wildman–Crippen MR) is 107 cm³/mol. The largest absolute Gasteiger partial charge is 0.497 e. The molecule has 1 amide bonds. The molecule has 1 atom stereocenters. The Labute approximate surface area is 161 Å². The summed E-state index contributed by atoms with van der Waals surface area (Å²) < 4.78 is 16.2. The summed E-state index contributed by atoms with van der Waals surface area (Å²) in [4.78, 5) is 14.5. The molecule has 2 aromatic rings. The molecule has 146 valence electrons. The number of aryl methyl sites for hydroxylation is 1. The first-order chi connectivity index (χ1) is 12.9. The van der Waals surface area contributed by atoms with Gasteiger partial charge in [-0.25, -0.2) is 0 Å². The van der Waals surface area contributed by atoms with E-state index in [0.29, 0.717) is 30.3 Å². The van der Waals surface area contributed by atoms with E-state index in [-0.39, 0.29) is 11.9 Å². The second-order valence-electron chi connectivity index (χ2n) is 6.41. The van der Waals surface area contributed by atoms with Crippen LogP contribution >= 0.6 is 0 Å². The Balaban J connectivity index is 1.87. The molecular weight excluding hydrogens is 344 g/mol. The summed E-state index contributed by atoms with van der Waals surface area (Å²) in [7, 11) is 5.05. The monoisotopic (exact) mass is 372 g/mol. The normalized spacial score (nSPS) is 11.8. The number of hydrogen-bond acceptors (Lipinski definition) is 5. The van der Waals surface area contributed by atoms with Crippen molar-refractivity contribution >= 4 is 11.6 Å². The number of carbonyl (C=O) groups excluding carboxylic acids is 1. The van der Waals surface area contributed by atoms with Crippen molar-refractivity contribution in [3.05, 3.63) is 48.0 Å². The minimum Gasteiger partial charge on any atom is -0.497 e. The molecule has 0 spiro atoms. The summed E-state index contributed by atoms with van der Waals surface area (Å²) in [6.07, 6.45) is 0. The lowest BCUT2D eigenvalue weighted by atomic mass is 10.2. The average Bonchev–Trinajstić information content (AvgIpc) is 2.68. The lowest BCUT2D eigenvalue weighted by molar-refractivity contribution is -0.120. The highest BCUT2D eigenvalue weighted by Crippen LogP contribution is 2.26. The van der Waals surface area contributed by atoms with Crippen molar-refractivity contribution in [3.8, 4) is 17.2 Å². The van der Waals surface area contributed by atoms with E-state index in [2.05, 4.69) is 5.32 Å². The van der Waals surface area contributed by atoms with Crippen LogP contribution in [0.1, 0.15) is 12.5 Å². The van der Waals surface area contributed by atoms with Crippen molar-refractivity contribution in [2.45, 2.75) is 19.9 Å². The maximum absolute atomic E-state index is 12.5. The fourth-order valence-corrected chi connectivity index (χ4v) is 2.46. The van der Waals surface area contributed by atoms with Crippen LogP contribution in [0.5, 0.6) is 17.2 Å². The van der Waals surface area contributed by atoms with E-state index in [1.807, 2.05) is 50.1 Å². The molecule has 0 aliphatic carbocycles. The molecule has 0 radical (unpaired) electrons. The van der Waals surface area contributed by atoms with Gasteiger partial charge in [0.15, 0.2) is 0 Å². The van der Waals surface area contributed by atoms with Gasteiger partial charge in [-0.1, -0.05) is 17.7 Å². The molecule has 6 nitrogen and oxygen atoms in total. The van der Waals surface area contributed by atoms with Crippen molar-refractivity contribution in [1.29, 1.82) is 0 Å². The minimum atomic E-state index is -0.316. The van der Waals surface area contributed by atoms with Gasteiger partial charge < -0.3 is 19.5 Å². The van der Waals surface area contributed by atoms with E-state index in [1.165, 1.54) is 5.56 Å². The van der Waals surface area contributed by atoms with Crippen LogP contribution in [0.2, 0.25) is 0 Å². The first-order valence-electron chi connectivity index (χ1n) is 8.86. The molecule has 1 N–H and O–H groups in total. The lowest BCUT2D eigenvalue weighted by Crippen LogP contribution is -2.41. The van der Waals surface area contributed by atoms with Gasteiger partial charge in [-0.2, -0.15) is 0 Å². The van der Waals surface area contributed by atoms with E-state index < -0.39 is 0 Å². The molecule has 2 aromatic carbocycles. The van der Waals surface area contributed by atoms with Crippen LogP contribution in [0.15, 0.2) is 42.5 Å². The third kappa shape index (κ3) is 6.18. The molecule has 0 aromatic heterocycles. The Bertz CT molecular complexity index is 724. The molecule has 1 unspecified atom stereocenters. The van der Waals surface area contributed by atoms with E-state index in [1.54, 1.807) is 32.4 Å². The molecule has 0 fully saturated rings. The zero-order valence-corrected chi connectivity index (χ0v) is 16.6.